The van der Waals surface area contributed by atoms with Crippen LogP contribution in [-0.4, -0.2) is 17.0 Å². The van der Waals surface area contributed by atoms with Gasteiger partial charge in [-0.3, -0.25) is 5.43 Å². The maximum Gasteiger partial charge on any atom is 0.433 e. The van der Waals surface area contributed by atoms with Crippen molar-refractivity contribution in [2.45, 2.75) is 12.7 Å². The van der Waals surface area contributed by atoms with Gasteiger partial charge >= 0.3 is 6.18 Å². The molecule has 0 aliphatic rings. The average Bonchev–Trinajstić information content (AvgIpc) is 2.90. The second-order valence-electron chi connectivity index (χ2n) is 4.01. The van der Waals surface area contributed by atoms with Crippen molar-refractivity contribution in [2.24, 2.45) is 5.84 Å². The zero-order valence-electron chi connectivity index (χ0n) is 10.5. The molecule has 5 nitrogen and oxygen atoms in total. The van der Waals surface area contributed by atoms with E-state index in [9.17, 15) is 13.2 Å². The number of halogens is 3. The van der Waals surface area contributed by atoms with Gasteiger partial charge in [0.25, 0.3) is 0 Å². The number of thiophene rings is 1. The summed E-state index contributed by atoms with van der Waals surface area (Å²) in [6.45, 7) is 0.454. The maximum absolute atomic E-state index is 12.7. The number of anilines is 2. The summed E-state index contributed by atoms with van der Waals surface area (Å²) in [6, 6.07) is 4.67. The third-order valence-corrected chi connectivity index (χ3v) is 3.36. The first-order chi connectivity index (χ1) is 9.40. The molecule has 0 saturated heterocycles. The van der Waals surface area contributed by atoms with Crippen LogP contribution in [0.5, 0.6) is 0 Å². The average molecular weight is 303 g/mol. The Hall–Kier alpha value is -1.87. The van der Waals surface area contributed by atoms with Gasteiger partial charge in [0.05, 0.1) is 6.54 Å². The zero-order chi connectivity index (χ0) is 14.8. The van der Waals surface area contributed by atoms with Crippen LogP contribution < -0.4 is 16.2 Å². The van der Waals surface area contributed by atoms with Gasteiger partial charge in [-0.1, -0.05) is 6.07 Å². The zero-order valence-corrected chi connectivity index (χ0v) is 11.3. The molecule has 0 radical (unpaired) electrons. The van der Waals surface area contributed by atoms with E-state index in [1.165, 1.54) is 11.3 Å². The summed E-state index contributed by atoms with van der Waals surface area (Å²) in [6.07, 6.45) is -4.55. The van der Waals surface area contributed by atoms with E-state index in [1.54, 1.807) is 11.9 Å². The van der Waals surface area contributed by atoms with Crippen molar-refractivity contribution >= 4 is 23.1 Å². The molecule has 0 fully saturated rings. The lowest BCUT2D eigenvalue weighted by molar-refractivity contribution is -0.141. The number of hydrazine groups is 1. The summed E-state index contributed by atoms with van der Waals surface area (Å²) in [7, 11) is 1.66. The largest absolute Gasteiger partial charge is 0.433 e. The molecule has 20 heavy (non-hydrogen) atoms. The standard InChI is InChI=1S/C11H12F3N5S/c1-19(6-7-3-2-4-20-7)9-5-8(11(12,13)14)16-10(17-9)18-15/h2-5H,6,15H2,1H3,(H,16,17,18). The third-order valence-electron chi connectivity index (χ3n) is 2.50. The topological polar surface area (TPSA) is 67.1 Å². The van der Waals surface area contributed by atoms with Gasteiger partial charge in [-0.2, -0.15) is 18.2 Å². The Balaban J connectivity index is 2.30. The van der Waals surface area contributed by atoms with Crippen LogP contribution in [0.4, 0.5) is 24.9 Å². The predicted molar refractivity (Wildman–Crippen MR) is 71.3 cm³/mol. The number of aromatic nitrogens is 2. The van der Waals surface area contributed by atoms with E-state index in [0.29, 0.717) is 6.54 Å². The van der Waals surface area contributed by atoms with Gasteiger partial charge in [-0.05, 0) is 11.4 Å². The molecular formula is C11H12F3N5S. The van der Waals surface area contributed by atoms with Crippen molar-refractivity contribution < 1.29 is 13.2 Å². The summed E-state index contributed by atoms with van der Waals surface area (Å²) in [4.78, 5) is 9.85. The monoisotopic (exact) mass is 303 g/mol. The van der Waals surface area contributed by atoms with Crippen molar-refractivity contribution in [2.75, 3.05) is 17.4 Å². The molecule has 0 spiro atoms. The molecule has 2 aromatic heterocycles. The first-order valence-electron chi connectivity index (χ1n) is 5.56. The van der Waals surface area contributed by atoms with Gasteiger partial charge < -0.3 is 4.90 Å². The Morgan fingerprint density at radius 3 is 2.70 bits per heavy atom. The minimum atomic E-state index is -4.55. The summed E-state index contributed by atoms with van der Waals surface area (Å²) in [5.41, 5.74) is 1.01. The molecule has 0 unspecified atom stereocenters. The van der Waals surface area contributed by atoms with E-state index < -0.39 is 11.9 Å². The number of rotatable bonds is 4. The van der Waals surface area contributed by atoms with Crippen LogP contribution in [-0.2, 0) is 12.7 Å². The fourth-order valence-corrected chi connectivity index (χ4v) is 2.31. The Kier molecular flexibility index (Phi) is 4.09. The molecular weight excluding hydrogens is 291 g/mol. The van der Waals surface area contributed by atoms with Crippen molar-refractivity contribution in [3.8, 4) is 0 Å². The quantitative estimate of drug-likeness (QED) is 0.671. The number of hydrogen-bond donors (Lipinski definition) is 2. The predicted octanol–water partition coefficient (Wildman–Crippen LogP) is 2.48. The minimum Gasteiger partial charge on any atom is -0.354 e. The van der Waals surface area contributed by atoms with Gasteiger partial charge in [-0.25, -0.2) is 10.8 Å². The van der Waals surface area contributed by atoms with E-state index in [4.69, 9.17) is 5.84 Å². The Morgan fingerprint density at radius 1 is 1.40 bits per heavy atom. The lowest BCUT2D eigenvalue weighted by atomic mass is 10.3. The van der Waals surface area contributed by atoms with Crippen LogP contribution in [0.2, 0.25) is 0 Å². The first-order valence-corrected chi connectivity index (χ1v) is 6.44. The number of nitrogens with two attached hydrogens (primary N) is 1. The summed E-state index contributed by atoms with van der Waals surface area (Å²) in [5.74, 6) is 4.98. The van der Waals surface area contributed by atoms with Crippen LogP contribution in [0.15, 0.2) is 23.6 Å². The molecule has 0 atom stereocenters. The van der Waals surface area contributed by atoms with E-state index in [0.717, 1.165) is 10.9 Å². The van der Waals surface area contributed by atoms with Gasteiger partial charge in [0.15, 0.2) is 5.69 Å². The molecule has 0 aliphatic heterocycles. The molecule has 9 heteroatoms. The van der Waals surface area contributed by atoms with Crippen LogP contribution >= 0.6 is 11.3 Å². The van der Waals surface area contributed by atoms with E-state index in [1.807, 2.05) is 22.9 Å². The van der Waals surface area contributed by atoms with Crippen LogP contribution in [0.1, 0.15) is 10.6 Å². The summed E-state index contributed by atoms with van der Waals surface area (Å²) in [5, 5.41) is 1.90. The van der Waals surface area contributed by atoms with Crippen molar-refractivity contribution in [3.63, 3.8) is 0 Å². The molecule has 3 N–H and O–H groups in total. The third kappa shape index (κ3) is 3.36. The highest BCUT2D eigenvalue weighted by Crippen LogP contribution is 2.30. The van der Waals surface area contributed by atoms with Gasteiger partial charge in [0.2, 0.25) is 5.95 Å². The number of nitrogens with zero attached hydrogens (tertiary/aromatic N) is 3. The molecule has 108 valence electrons. The molecule has 0 saturated carbocycles. The van der Waals surface area contributed by atoms with Crippen LogP contribution in [0.3, 0.4) is 0 Å². The highest BCUT2D eigenvalue weighted by atomic mass is 32.1. The van der Waals surface area contributed by atoms with Crippen LogP contribution in [0, 0.1) is 0 Å². The maximum atomic E-state index is 12.7. The fraction of sp³-hybridized carbons (Fsp3) is 0.273. The molecule has 2 heterocycles. The highest BCUT2D eigenvalue weighted by molar-refractivity contribution is 7.09. The SMILES string of the molecule is CN(Cc1cccs1)c1cc(C(F)(F)F)nc(NN)n1. The van der Waals surface area contributed by atoms with Gasteiger partial charge in [0.1, 0.15) is 5.82 Å². The van der Waals surface area contributed by atoms with Gasteiger partial charge in [-0.15, -0.1) is 11.3 Å². The van der Waals surface area contributed by atoms with Gasteiger partial charge in [0, 0.05) is 18.0 Å². The minimum absolute atomic E-state index is 0.147. The van der Waals surface area contributed by atoms with Crippen molar-refractivity contribution in [1.82, 2.24) is 9.97 Å². The number of nitrogen functional groups attached to an aromatic ring is 1. The summed E-state index contributed by atoms with van der Waals surface area (Å²) >= 11 is 1.52. The van der Waals surface area contributed by atoms with E-state index >= 15 is 0 Å². The smallest absolute Gasteiger partial charge is 0.354 e. The second-order valence-corrected chi connectivity index (χ2v) is 5.04. The second kappa shape index (κ2) is 5.63. The van der Waals surface area contributed by atoms with Crippen molar-refractivity contribution in [1.29, 1.82) is 0 Å². The normalized spacial score (nSPS) is 11.4. The Labute approximate surface area is 117 Å². The van der Waals surface area contributed by atoms with E-state index in [-0.39, 0.29) is 11.8 Å². The molecule has 2 rings (SSSR count). The lowest BCUT2D eigenvalue weighted by Gasteiger charge is -2.19. The molecule has 0 amide bonds. The Bertz CT molecular complexity index is 570. The first kappa shape index (κ1) is 14.5. The van der Waals surface area contributed by atoms with Crippen LogP contribution in [0.25, 0.3) is 0 Å². The number of nitrogens with one attached hydrogen (secondary N) is 1. The molecule has 0 aromatic carbocycles. The number of hydrogen-bond acceptors (Lipinski definition) is 6. The van der Waals surface area contributed by atoms with E-state index in [2.05, 4.69) is 9.97 Å². The lowest BCUT2D eigenvalue weighted by Crippen LogP contribution is -2.21. The summed E-state index contributed by atoms with van der Waals surface area (Å²) < 4.78 is 38.2. The molecule has 0 bridgehead atoms. The fourth-order valence-electron chi connectivity index (χ4n) is 1.56. The van der Waals surface area contributed by atoms with Crippen molar-refractivity contribution in [3.05, 3.63) is 34.2 Å². The highest BCUT2D eigenvalue weighted by Gasteiger charge is 2.34. The number of alkyl halides is 3. The Morgan fingerprint density at radius 2 is 2.15 bits per heavy atom. The molecule has 0 aliphatic carbocycles. The molecule has 2 aromatic rings.